The number of hydrogen-bond acceptors (Lipinski definition) is 3. The van der Waals surface area contributed by atoms with E-state index in [1.807, 2.05) is 10.9 Å². The van der Waals surface area contributed by atoms with Gasteiger partial charge in [0.2, 0.25) is 0 Å². The van der Waals surface area contributed by atoms with Gasteiger partial charge in [0.05, 0.1) is 18.3 Å². The summed E-state index contributed by atoms with van der Waals surface area (Å²) in [6, 6.07) is 12.6. The van der Waals surface area contributed by atoms with E-state index in [-0.39, 0.29) is 6.29 Å². The average molecular weight is 375 g/mol. The summed E-state index contributed by atoms with van der Waals surface area (Å²) in [5.74, 6) is 0. The van der Waals surface area contributed by atoms with Gasteiger partial charge in [0.1, 0.15) is 0 Å². The van der Waals surface area contributed by atoms with Gasteiger partial charge in [0, 0.05) is 24.1 Å². The quantitative estimate of drug-likeness (QED) is 0.621. The second kappa shape index (κ2) is 6.83. The fourth-order valence-electron chi connectivity index (χ4n) is 2.71. The lowest BCUT2D eigenvalue weighted by Gasteiger charge is -2.14. The van der Waals surface area contributed by atoms with Crippen molar-refractivity contribution in [2.75, 3.05) is 14.2 Å². The van der Waals surface area contributed by atoms with Crippen molar-refractivity contribution in [3.05, 3.63) is 52.6 Å². The molecule has 23 heavy (non-hydrogen) atoms. The van der Waals surface area contributed by atoms with Gasteiger partial charge in [-0.05, 0) is 41.8 Å². The molecule has 1 aromatic heterocycles. The SMILES string of the molecule is COC(Cn1ncc2cc(-c3cccc(Br)c3C)ccc21)OC. The van der Waals surface area contributed by atoms with Crippen LogP contribution < -0.4 is 0 Å². The predicted octanol–water partition coefficient (Wildman–Crippen LogP) is 4.39. The van der Waals surface area contributed by atoms with E-state index in [4.69, 9.17) is 9.47 Å². The van der Waals surface area contributed by atoms with Crippen molar-refractivity contribution < 1.29 is 9.47 Å². The van der Waals surface area contributed by atoms with Crippen molar-refractivity contribution in [1.29, 1.82) is 0 Å². The summed E-state index contributed by atoms with van der Waals surface area (Å²) in [6.07, 6.45) is 1.58. The molecule has 5 heteroatoms. The third kappa shape index (κ3) is 3.17. The van der Waals surface area contributed by atoms with E-state index in [0.717, 1.165) is 15.4 Å². The number of hydrogen-bond donors (Lipinski definition) is 0. The van der Waals surface area contributed by atoms with Gasteiger partial charge >= 0.3 is 0 Å². The summed E-state index contributed by atoms with van der Waals surface area (Å²) in [4.78, 5) is 0. The highest BCUT2D eigenvalue weighted by atomic mass is 79.9. The maximum Gasteiger partial charge on any atom is 0.176 e. The first-order chi connectivity index (χ1) is 11.1. The minimum atomic E-state index is -0.301. The lowest BCUT2D eigenvalue weighted by molar-refractivity contribution is -0.111. The Kier molecular flexibility index (Phi) is 4.80. The highest BCUT2D eigenvalue weighted by Gasteiger charge is 2.11. The van der Waals surface area contributed by atoms with Crippen LogP contribution in [-0.4, -0.2) is 30.3 Å². The van der Waals surface area contributed by atoms with Gasteiger partial charge in [-0.25, -0.2) is 0 Å². The summed E-state index contributed by atoms with van der Waals surface area (Å²) in [5.41, 5.74) is 4.71. The Labute approximate surface area is 144 Å². The predicted molar refractivity (Wildman–Crippen MR) is 95.4 cm³/mol. The van der Waals surface area contributed by atoms with Gasteiger partial charge < -0.3 is 9.47 Å². The first-order valence-corrected chi connectivity index (χ1v) is 8.20. The lowest BCUT2D eigenvalue weighted by Crippen LogP contribution is -2.21. The molecule has 0 radical (unpaired) electrons. The van der Waals surface area contributed by atoms with Crippen molar-refractivity contribution in [2.45, 2.75) is 19.8 Å². The van der Waals surface area contributed by atoms with E-state index < -0.39 is 0 Å². The number of methoxy groups -OCH3 is 2. The van der Waals surface area contributed by atoms with Gasteiger partial charge in [0.15, 0.2) is 6.29 Å². The van der Waals surface area contributed by atoms with E-state index in [1.165, 1.54) is 16.7 Å². The molecule has 0 saturated heterocycles. The summed E-state index contributed by atoms with van der Waals surface area (Å²) in [7, 11) is 3.27. The molecule has 3 rings (SSSR count). The minimum absolute atomic E-state index is 0.301. The number of rotatable bonds is 5. The molecule has 0 spiro atoms. The second-order valence-corrected chi connectivity index (χ2v) is 6.27. The zero-order valence-corrected chi connectivity index (χ0v) is 15.0. The molecule has 0 atom stereocenters. The monoisotopic (exact) mass is 374 g/mol. The van der Waals surface area contributed by atoms with Crippen LogP contribution in [0.2, 0.25) is 0 Å². The van der Waals surface area contributed by atoms with Gasteiger partial charge in [-0.1, -0.05) is 34.1 Å². The Morgan fingerprint density at radius 1 is 1.17 bits per heavy atom. The van der Waals surface area contributed by atoms with Crippen LogP contribution in [0.3, 0.4) is 0 Å². The van der Waals surface area contributed by atoms with Crippen molar-refractivity contribution >= 4 is 26.8 Å². The number of halogens is 1. The first kappa shape index (κ1) is 16.2. The Balaban J connectivity index is 1.99. The van der Waals surface area contributed by atoms with Crippen molar-refractivity contribution in [2.24, 2.45) is 0 Å². The summed E-state index contributed by atoms with van der Waals surface area (Å²) < 4.78 is 13.5. The second-order valence-electron chi connectivity index (χ2n) is 5.41. The highest BCUT2D eigenvalue weighted by Crippen LogP contribution is 2.30. The molecule has 0 fully saturated rings. The molecule has 0 aliphatic heterocycles. The van der Waals surface area contributed by atoms with E-state index in [0.29, 0.717) is 6.54 Å². The molecule has 0 bridgehead atoms. The van der Waals surface area contributed by atoms with Crippen LogP contribution in [0.25, 0.3) is 22.0 Å². The molecule has 2 aromatic carbocycles. The van der Waals surface area contributed by atoms with Gasteiger partial charge in [-0.2, -0.15) is 5.10 Å². The third-order valence-electron chi connectivity index (χ3n) is 4.07. The Morgan fingerprint density at radius 2 is 1.96 bits per heavy atom. The van der Waals surface area contributed by atoms with E-state index in [2.05, 4.69) is 64.4 Å². The largest absolute Gasteiger partial charge is 0.354 e. The smallest absolute Gasteiger partial charge is 0.176 e. The fourth-order valence-corrected chi connectivity index (χ4v) is 3.07. The van der Waals surface area contributed by atoms with E-state index >= 15 is 0 Å². The Hall–Kier alpha value is -1.69. The maximum atomic E-state index is 5.26. The topological polar surface area (TPSA) is 36.3 Å². The van der Waals surface area contributed by atoms with Crippen LogP contribution >= 0.6 is 15.9 Å². The molecule has 0 aliphatic carbocycles. The zero-order chi connectivity index (χ0) is 16.4. The summed E-state index contributed by atoms with van der Waals surface area (Å²) in [6.45, 7) is 2.68. The van der Waals surface area contributed by atoms with Crippen LogP contribution in [0.15, 0.2) is 47.1 Å². The average Bonchev–Trinajstić information content (AvgIpc) is 2.97. The molecule has 1 heterocycles. The van der Waals surface area contributed by atoms with Crippen LogP contribution in [0.1, 0.15) is 5.56 Å². The maximum absolute atomic E-state index is 5.26. The lowest BCUT2D eigenvalue weighted by atomic mass is 10.00. The van der Waals surface area contributed by atoms with Crippen LogP contribution in [0, 0.1) is 6.92 Å². The molecule has 0 saturated carbocycles. The number of nitrogens with zero attached hydrogens (tertiary/aromatic N) is 2. The number of aromatic nitrogens is 2. The number of fused-ring (bicyclic) bond motifs is 1. The standard InChI is InChI=1S/C18H19BrN2O2/c1-12-15(5-4-6-16(12)19)13-7-8-17-14(9-13)10-20-21(17)11-18(22-2)23-3/h4-10,18H,11H2,1-3H3. The Bertz CT molecular complexity index is 825. The molecule has 0 aliphatic rings. The molecular weight excluding hydrogens is 356 g/mol. The van der Waals surface area contributed by atoms with Gasteiger partial charge in [0.25, 0.3) is 0 Å². The summed E-state index contributed by atoms with van der Waals surface area (Å²) >= 11 is 3.60. The van der Waals surface area contributed by atoms with E-state index in [1.54, 1.807) is 14.2 Å². The van der Waals surface area contributed by atoms with Crippen LogP contribution in [0.4, 0.5) is 0 Å². The van der Waals surface area contributed by atoms with Gasteiger partial charge in [-0.3, -0.25) is 4.68 Å². The Morgan fingerprint density at radius 3 is 2.70 bits per heavy atom. The summed E-state index contributed by atoms with van der Waals surface area (Å²) in [5, 5.41) is 5.56. The van der Waals surface area contributed by atoms with Crippen molar-refractivity contribution in [3.63, 3.8) is 0 Å². The van der Waals surface area contributed by atoms with Crippen molar-refractivity contribution in [1.82, 2.24) is 9.78 Å². The third-order valence-corrected chi connectivity index (χ3v) is 4.93. The van der Waals surface area contributed by atoms with Gasteiger partial charge in [-0.15, -0.1) is 0 Å². The molecular formula is C18H19BrN2O2. The molecule has 0 unspecified atom stereocenters. The van der Waals surface area contributed by atoms with Crippen molar-refractivity contribution in [3.8, 4) is 11.1 Å². The minimum Gasteiger partial charge on any atom is -0.354 e. The van der Waals surface area contributed by atoms with E-state index in [9.17, 15) is 0 Å². The molecule has 120 valence electrons. The molecule has 4 nitrogen and oxygen atoms in total. The number of benzene rings is 2. The molecule has 0 amide bonds. The zero-order valence-electron chi connectivity index (χ0n) is 13.4. The molecule has 3 aromatic rings. The molecule has 0 N–H and O–H groups in total. The highest BCUT2D eigenvalue weighted by molar-refractivity contribution is 9.10. The van der Waals surface area contributed by atoms with Crippen LogP contribution in [-0.2, 0) is 16.0 Å². The fraction of sp³-hybridized carbons (Fsp3) is 0.278. The van der Waals surface area contributed by atoms with Crippen LogP contribution in [0.5, 0.6) is 0 Å². The normalized spacial score (nSPS) is 11.5. The first-order valence-electron chi connectivity index (χ1n) is 7.40. The number of ether oxygens (including phenoxy) is 2.